The topological polar surface area (TPSA) is 53.6 Å². The molecular weight excluding hydrogens is 278 g/mol. The zero-order chi connectivity index (χ0) is 15.8. The fraction of sp³-hybridized carbons (Fsp3) is 0.588. The molecule has 1 unspecified atom stereocenters. The predicted octanol–water partition coefficient (Wildman–Crippen LogP) is 2.02. The van der Waals surface area contributed by atoms with Crippen molar-refractivity contribution in [3.05, 3.63) is 29.8 Å². The Kier molecular flexibility index (Phi) is 6.83. The van der Waals surface area contributed by atoms with Crippen molar-refractivity contribution in [3.8, 4) is 0 Å². The molecule has 0 aromatic heterocycles. The summed E-state index contributed by atoms with van der Waals surface area (Å²) in [7, 11) is 0. The molecule has 1 heterocycles. The van der Waals surface area contributed by atoms with E-state index in [1.807, 2.05) is 18.2 Å². The first-order valence-corrected chi connectivity index (χ1v) is 8.06. The van der Waals surface area contributed by atoms with Crippen LogP contribution in [0.2, 0.25) is 0 Å². The molecule has 1 aromatic rings. The van der Waals surface area contributed by atoms with Crippen molar-refractivity contribution in [1.29, 1.82) is 0 Å². The molecule has 5 heteroatoms. The predicted molar refractivity (Wildman–Crippen MR) is 89.0 cm³/mol. The second kappa shape index (κ2) is 8.88. The van der Waals surface area contributed by atoms with Gasteiger partial charge >= 0.3 is 0 Å². The van der Waals surface area contributed by atoms with Gasteiger partial charge in [-0.2, -0.15) is 0 Å². The highest BCUT2D eigenvalue weighted by molar-refractivity contribution is 5.88. The molecule has 122 valence electrons. The number of anilines is 1. The maximum Gasteiger partial charge on any atom is 0.221 e. The van der Waals surface area contributed by atoms with Crippen LogP contribution in [-0.2, 0) is 9.53 Å². The van der Waals surface area contributed by atoms with Crippen LogP contribution in [0.5, 0.6) is 0 Å². The molecule has 0 spiro atoms. The van der Waals surface area contributed by atoms with Crippen molar-refractivity contribution < 1.29 is 9.53 Å². The summed E-state index contributed by atoms with van der Waals surface area (Å²) in [6.45, 7) is 9.61. The molecule has 1 fully saturated rings. The number of ether oxygens (including phenoxy) is 1. The smallest absolute Gasteiger partial charge is 0.221 e. The molecular formula is C17H27N3O2. The molecule has 0 saturated carbocycles. The fourth-order valence-corrected chi connectivity index (χ4v) is 2.65. The Morgan fingerprint density at radius 3 is 2.86 bits per heavy atom. The minimum atomic E-state index is -0.0386. The lowest BCUT2D eigenvalue weighted by atomic mass is 10.1. The van der Waals surface area contributed by atoms with Gasteiger partial charge in [0.05, 0.1) is 13.2 Å². The molecule has 1 aliphatic heterocycles. The molecule has 2 N–H and O–H groups in total. The molecule has 1 amide bonds. The van der Waals surface area contributed by atoms with E-state index in [0.717, 1.165) is 51.5 Å². The Morgan fingerprint density at radius 1 is 1.36 bits per heavy atom. The lowest BCUT2D eigenvalue weighted by Gasteiger charge is -2.26. The maximum absolute atomic E-state index is 11.1. The zero-order valence-electron chi connectivity index (χ0n) is 13.6. The minimum absolute atomic E-state index is 0.0386. The number of amides is 1. The van der Waals surface area contributed by atoms with Gasteiger partial charge in [0.1, 0.15) is 0 Å². The summed E-state index contributed by atoms with van der Waals surface area (Å²) in [5.74, 6) is -0.0386. The minimum Gasteiger partial charge on any atom is -0.379 e. The van der Waals surface area contributed by atoms with Crippen LogP contribution >= 0.6 is 0 Å². The van der Waals surface area contributed by atoms with Crippen LogP contribution in [0.1, 0.15) is 31.9 Å². The molecule has 1 atom stereocenters. The monoisotopic (exact) mass is 305 g/mol. The van der Waals surface area contributed by atoms with E-state index in [1.54, 1.807) is 0 Å². The summed E-state index contributed by atoms with van der Waals surface area (Å²) in [6.07, 6.45) is 1.13. The highest BCUT2D eigenvalue weighted by Crippen LogP contribution is 2.17. The van der Waals surface area contributed by atoms with Crippen LogP contribution in [0.15, 0.2) is 24.3 Å². The van der Waals surface area contributed by atoms with Crippen molar-refractivity contribution in [2.75, 3.05) is 44.7 Å². The first-order chi connectivity index (χ1) is 10.6. The van der Waals surface area contributed by atoms with E-state index in [4.69, 9.17) is 4.74 Å². The van der Waals surface area contributed by atoms with Gasteiger partial charge in [0.2, 0.25) is 5.91 Å². The lowest BCUT2D eigenvalue weighted by molar-refractivity contribution is -0.114. The Morgan fingerprint density at radius 2 is 2.14 bits per heavy atom. The van der Waals surface area contributed by atoms with Gasteiger partial charge < -0.3 is 15.4 Å². The molecule has 1 saturated heterocycles. The number of morpholine rings is 1. The lowest BCUT2D eigenvalue weighted by Crippen LogP contribution is -2.37. The number of nitrogens with zero attached hydrogens (tertiary/aromatic N) is 1. The van der Waals surface area contributed by atoms with Gasteiger partial charge in [0, 0.05) is 31.7 Å². The number of hydrogen-bond acceptors (Lipinski definition) is 4. The second-order valence-corrected chi connectivity index (χ2v) is 5.79. The molecule has 1 aliphatic rings. The van der Waals surface area contributed by atoms with Gasteiger partial charge in [-0.05, 0) is 44.1 Å². The number of hydrogen-bond donors (Lipinski definition) is 2. The van der Waals surface area contributed by atoms with E-state index in [-0.39, 0.29) is 11.9 Å². The fourth-order valence-electron chi connectivity index (χ4n) is 2.65. The Labute approximate surface area is 133 Å². The van der Waals surface area contributed by atoms with Gasteiger partial charge in [-0.25, -0.2) is 0 Å². The van der Waals surface area contributed by atoms with Crippen molar-refractivity contribution in [1.82, 2.24) is 10.2 Å². The third-order valence-corrected chi connectivity index (χ3v) is 3.91. The quantitative estimate of drug-likeness (QED) is 0.757. The van der Waals surface area contributed by atoms with Crippen LogP contribution < -0.4 is 10.6 Å². The van der Waals surface area contributed by atoms with Crippen LogP contribution in [0.3, 0.4) is 0 Å². The second-order valence-electron chi connectivity index (χ2n) is 5.79. The SMILES string of the molecule is CC(=O)Nc1cccc(C(C)NCCCN2CCOCC2)c1. The van der Waals surface area contributed by atoms with Crippen molar-refractivity contribution >= 4 is 11.6 Å². The molecule has 0 aliphatic carbocycles. The van der Waals surface area contributed by atoms with E-state index in [2.05, 4.69) is 28.5 Å². The molecule has 0 radical (unpaired) electrons. The summed E-state index contributed by atoms with van der Waals surface area (Å²) in [5.41, 5.74) is 2.05. The van der Waals surface area contributed by atoms with Gasteiger partial charge in [0.25, 0.3) is 0 Å². The van der Waals surface area contributed by atoms with Gasteiger partial charge in [0.15, 0.2) is 0 Å². The molecule has 5 nitrogen and oxygen atoms in total. The highest BCUT2D eigenvalue weighted by atomic mass is 16.5. The Hall–Kier alpha value is -1.43. The number of carbonyl (C=O) groups excluding carboxylic acids is 1. The first-order valence-electron chi connectivity index (χ1n) is 8.06. The summed E-state index contributed by atoms with van der Waals surface area (Å²) in [5, 5.41) is 6.37. The third-order valence-electron chi connectivity index (χ3n) is 3.91. The van der Waals surface area contributed by atoms with Crippen LogP contribution in [0, 0.1) is 0 Å². The standard InChI is InChI=1S/C17H27N3O2/c1-14(16-5-3-6-17(13-16)19-15(2)21)18-7-4-8-20-9-11-22-12-10-20/h3,5-6,13-14,18H,4,7-12H2,1-2H3,(H,19,21). The highest BCUT2D eigenvalue weighted by Gasteiger charge is 2.10. The van der Waals surface area contributed by atoms with E-state index < -0.39 is 0 Å². The molecule has 2 rings (SSSR count). The van der Waals surface area contributed by atoms with Crippen LogP contribution in [-0.4, -0.2) is 50.2 Å². The summed E-state index contributed by atoms with van der Waals surface area (Å²) in [6, 6.07) is 8.28. The van der Waals surface area contributed by atoms with Crippen molar-refractivity contribution in [3.63, 3.8) is 0 Å². The summed E-state index contributed by atoms with van der Waals surface area (Å²) >= 11 is 0. The molecule has 1 aromatic carbocycles. The maximum atomic E-state index is 11.1. The van der Waals surface area contributed by atoms with Crippen molar-refractivity contribution in [2.45, 2.75) is 26.3 Å². The van der Waals surface area contributed by atoms with E-state index in [0.29, 0.717) is 0 Å². The number of benzene rings is 1. The van der Waals surface area contributed by atoms with Gasteiger partial charge in [-0.1, -0.05) is 12.1 Å². The zero-order valence-corrected chi connectivity index (χ0v) is 13.6. The largest absolute Gasteiger partial charge is 0.379 e. The Balaban J connectivity index is 1.72. The van der Waals surface area contributed by atoms with Gasteiger partial charge in [-0.3, -0.25) is 9.69 Å². The van der Waals surface area contributed by atoms with Crippen LogP contribution in [0.4, 0.5) is 5.69 Å². The average molecular weight is 305 g/mol. The van der Waals surface area contributed by atoms with Gasteiger partial charge in [-0.15, -0.1) is 0 Å². The Bertz CT molecular complexity index is 473. The summed E-state index contributed by atoms with van der Waals surface area (Å²) < 4.78 is 5.35. The third kappa shape index (κ3) is 5.75. The van der Waals surface area contributed by atoms with Crippen molar-refractivity contribution in [2.24, 2.45) is 0 Å². The average Bonchev–Trinajstić information content (AvgIpc) is 2.52. The normalized spacial score (nSPS) is 17.2. The summed E-state index contributed by atoms with van der Waals surface area (Å²) in [4.78, 5) is 13.6. The number of rotatable bonds is 7. The van der Waals surface area contributed by atoms with E-state index in [1.165, 1.54) is 12.5 Å². The molecule has 22 heavy (non-hydrogen) atoms. The van der Waals surface area contributed by atoms with E-state index in [9.17, 15) is 4.79 Å². The molecule has 0 bridgehead atoms. The first kappa shape index (κ1) is 16.9. The van der Waals surface area contributed by atoms with E-state index >= 15 is 0 Å². The number of nitrogens with one attached hydrogen (secondary N) is 2. The van der Waals surface area contributed by atoms with Crippen LogP contribution in [0.25, 0.3) is 0 Å². The number of carbonyl (C=O) groups is 1.